The van der Waals surface area contributed by atoms with Crippen LogP contribution in [0.1, 0.15) is 24.8 Å². The van der Waals surface area contributed by atoms with Crippen molar-refractivity contribution >= 4 is 5.91 Å². The summed E-state index contributed by atoms with van der Waals surface area (Å²) in [5, 5.41) is 2.86. The van der Waals surface area contributed by atoms with E-state index in [1.54, 1.807) is 6.07 Å². The van der Waals surface area contributed by atoms with Crippen LogP contribution in [0.3, 0.4) is 0 Å². The van der Waals surface area contributed by atoms with Crippen molar-refractivity contribution in [3.8, 4) is 5.75 Å². The molecule has 0 aliphatic carbocycles. The molecule has 1 saturated heterocycles. The lowest BCUT2D eigenvalue weighted by Crippen LogP contribution is -2.40. The number of benzene rings is 1. The number of halogens is 1. The van der Waals surface area contributed by atoms with Gasteiger partial charge in [-0.15, -0.1) is 0 Å². The molecule has 134 valence electrons. The Morgan fingerprint density at radius 1 is 1.21 bits per heavy atom. The van der Waals surface area contributed by atoms with Crippen molar-refractivity contribution in [2.45, 2.75) is 26.2 Å². The van der Waals surface area contributed by atoms with Gasteiger partial charge in [-0.25, -0.2) is 4.39 Å². The summed E-state index contributed by atoms with van der Waals surface area (Å²) >= 11 is 0. The first-order chi connectivity index (χ1) is 11.6. The predicted octanol–water partition coefficient (Wildman–Crippen LogP) is 2.13. The Hall–Kier alpha value is -1.66. The average Bonchev–Trinajstić information content (AvgIpc) is 2.58. The van der Waals surface area contributed by atoms with Crippen LogP contribution < -0.4 is 10.1 Å². The normalized spacial score (nSPS) is 15.2. The standard InChI is InChI=1S/C18H27FN2O3/c1-15-5-6-16(19)13-17(15)24-12-11-23-10-7-20-18(22)14-21-8-3-2-4-9-21/h5-6,13H,2-4,7-12,14H2,1H3,(H,20,22). The molecule has 0 atom stereocenters. The third-order valence-electron chi connectivity index (χ3n) is 4.02. The summed E-state index contributed by atoms with van der Waals surface area (Å²) in [5.41, 5.74) is 0.890. The fraction of sp³-hybridized carbons (Fsp3) is 0.611. The molecule has 1 N–H and O–H groups in total. The Kier molecular flexibility index (Phi) is 7.98. The first-order valence-electron chi connectivity index (χ1n) is 8.61. The van der Waals surface area contributed by atoms with Gasteiger partial charge in [-0.05, 0) is 44.5 Å². The van der Waals surface area contributed by atoms with Gasteiger partial charge in [-0.2, -0.15) is 0 Å². The number of nitrogens with one attached hydrogen (secondary N) is 1. The highest BCUT2D eigenvalue weighted by Gasteiger charge is 2.13. The molecule has 0 aromatic heterocycles. The lowest BCUT2D eigenvalue weighted by molar-refractivity contribution is -0.122. The van der Waals surface area contributed by atoms with Crippen molar-refractivity contribution in [1.29, 1.82) is 0 Å². The van der Waals surface area contributed by atoms with Crippen LogP contribution in [0.2, 0.25) is 0 Å². The van der Waals surface area contributed by atoms with E-state index in [0.29, 0.717) is 38.7 Å². The molecule has 0 bridgehead atoms. The van der Waals surface area contributed by atoms with E-state index < -0.39 is 0 Å². The van der Waals surface area contributed by atoms with E-state index in [1.807, 2.05) is 6.92 Å². The fourth-order valence-corrected chi connectivity index (χ4v) is 2.68. The van der Waals surface area contributed by atoms with Gasteiger partial charge in [0.2, 0.25) is 5.91 Å². The van der Waals surface area contributed by atoms with Crippen molar-refractivity contribution in [3.05, 3.63) is 29.6 Å². The van der Waals surface area contributed by atoms with Crippen molar-refractivity contribution in [3.63, 3.8) is 0 Å². The fourth-order valence-electron chi connectivity index (χ4n) is 2.68. The van der Waals surface area contributed by atoms with E-state index in [4.69, 9.17) is 9.47 Å². The van der Waals surface area contributed by atoms with Gasteiger partial charge in [0.05, 0.1) is 19.8 Å². The summed E-state index contributed by atoms with van der Waals surface area (Å²) in [4.78, 5) is 14.0. The maximum atomic E-state index is 13.1. The molecule has 1 fully saturated rings. The molecule has 5 nitrogen and oxygen atoms in total. The second-order valence-electron chi connectivity index (χ2n) is 6.06. The summed E-state index contributed by atoms with van der Waals surface area (Å²) in [6.07, 6.45) is 3.63. The summed E-state index contributed by atoms with van der Waals surface area (Å²) in [6, 6.07) is 4.46. The van der Waals surface area contributed by atoms with Crippen molar-refractivity contribution in [2.75, 3.05) is 46.0 Å². The Labute approximate surface area is 143 Å². The van der Waals surface area contributed by atoms with E-state index in [9.17, 15) is 9.18 Å². The molecular formula is C18H27FN2O3. The number of nitrogens with zero attached hydrogens (tertiary/aromatic N) is 1. The monoisotopic (exact) mass is 338 g/mol. The minimum atomic E-state index is -0.312. The van der Waals surface area contributed by atoms with Gasteiger partial charge < -0.3 is 14.8 Å². The molecule has 1 aliphatic rings. The molecule has 0 saturated carbocycles. The highest BCUT2D eigenvalue weighted by molar-refractivity contribution is 5.77. The van der Waals surface area contributed by atoms with Crippen LogP contribution in [-0.2, 0) is 9.53 Å². The van der Waals surface area contributed by atoms with E-state index in [2.05, 4.69) is 10.2 Å². The first-order valence-corrected chi connectivity index (χ1v) is 8.61. The highest BCUT2D eigenvalue weighted by atomic mass is 19.1. The number of hydrogen-bond acceptors (Lipinski definition) is 4. The van der Waals surface area contributed by atoms with E-state index >= 15 is 0 Å². The summed E-state index contributed by atoms with van der Waals surface area (Å²) in [5.74, 6) is 0.272. The number of amides is 1. The van der Waals surface area contributed by atoms with Crippen LogP contribution in [0, 0.1) is 12.7 Å². The predicted molar refractivity (Wildman–Crippen MR) is 90.8 cm³/mol. The number of likely N-dealkylation sites (tertiary alicyclic amines) is 1. The molecule has 2 rings (SSSR count). The minimum absolute atomic E-state index is 0.0483. The van der Waals surface area contributed by atoms with Gasteiger partial charge in [0.1, 0.15) is 18.2 Å². The van der Waals surface area contributed by atoms with Gasteiger partial charge in [-0.3, -0.25) is 9.69 Å². The van der Waals surface area contributed by atoms with Gasteiger partial charge in [0.15, 0.2) is 0 Å². The van der Waals surface area contributed by atoms with Crippen molar-refractivity contribution in [1.82, 2.24) is 10.2 Å². The lowest BCUT2D eigenvalue weighted by atomic mass is 10.1. The van der Waals surface area contributed by atoms with Crippen LogP contribution in [-0.4, -0.2) is 56.8 Å². The van der Waals surface area contributed by atoms with E-state index in [1.165, 1.54) is 31.4 Å². The van der Waals surface area contributed by atoms with Crippen molar-refractivity contribution in [2.24, 2.45) is 0 Å². The van der Waals surface area contributed by atoms with Crippen LogP contribution in [0.5, 0.6) is 5.75 Å². The maximum Gasteiger partial charge on any atom is 0.234 e. The van der Waals surface area contributed by atoms with Crippen LogP contribution in [0.25, 0.3) is 0 Å². The van der Waals surface area contributed by atoms with Crippen LogP contribution in [0.15, 0.2) is 18.2 Å². The molecule has 6 heteroatoms. The Morgan fingerprint density at radius 3 is 2.79 bits per heavy atom. The van der Waals surface area contributed by atoms with E-state index in [-0.39, 0.29) is 11.7 Å². The second-order valence-corrected chi connectivity index (χ2v) is 6.06. The molecule has 1 amide bonds. The Morgan fingerprint density at radius 2 is 2.00 bits per heavy atom. The van der Waals surface area contributed by atoms with E-state index in [0.717, 1.165) is 18.7 Å². The number of aryl methyl sites for hydroxylation is 1. The third kappa shape index (κ3) is 6.84. The summed E-state index contributed by atoms with van der Waals surface area (Å²) < 4.78 is 24.0. The molecule has 1 aliphatic heterocycles. The molecule has 1 aromatic rings. The van der Waals surface area contributed by atoms with Gasteiger partial charge in [0, 0.05) is 12.6 Å². The van der Waals surface area contributed by atoms with Gasteiger partial charge in [-0.1, -0.05) is 12.5 Å². The number of carbonyl (C=O) groups excluding carboxylic acids is 1. The number of ether oxygens (including phenoxy) is 2. The quantitative estimate of drug-likeness (QED) is 0.701. The molecule has 1 aromatic carbocycles. The third-order valence-corrected chi connectivity index (χ3v) is 4.02. The first kappa shape index (κ1) is 18.7. The molecule has 0 unspecified atom stereocenters. The van der Waals surface area contributed by atoms with Gasteiger partial charge in [0.25, 0.3) is 0 Å². The Bertz CT molecular complexity index is 519. The molecule has 0 spiro atoms. The largest absolute Gasteiger partial charge is 0.491 e. The zero-order valence-electron chi connectivity index (χ0n) is 14.4. The summed E-state index contributed by atoms with van der Waals surface area (Å²) in [6.45, 7) is 6.06. The molecular weight excluding hydrogens is 311 g/mol. The molecule has 24 heavy (non-hydrogen) atoms. The number of hydrogen-bond donors (Lipinski definition) is 1. The number of rotatable bonds is 9. The number of piperidine rings is 1. The highest BCUT2D eigenvalue weighted by Crippen LogP contribution is 2.18. The lowest BCUT2D eigenvalue weighted by Gasteiger charge is -2.25. The van der Waals surface area contributed by atoms with Crippen molar-refractivity contribution < 1.29 is 18.7 Å². The molecule has 1 heterocycles. The zero-order chi connectivity index (χ0) is 17.2. The maximum absolute atomic E-state index is 13.1. The van der Waals surface area contributed by atoms with Crippen LogP contribution >= 0.6 is 0 Å². The number of carbonyl (C=O) groups is 1. The molecule has 0 radical (unpaired) electrons. The topological polar surface area (TPSA) is 50.8 Å². The van der Waals surface area contributed by atoms with Gasteiger partial charge >= 0.3 is 0 Å². The SMILES string of the molecule is Cc1ccc(F)cc1OCCOCCNC(=O)CN1CCCCC1. The Balaban J connectivity index is 1.49. The van der Waals surface area contributed by atoms with Crippen LogP contribution in [0.4, 0.5) is 4.39 Å². The smallest absolute Gasteiger partial charge is 0.234 e. The summed E-state index contributed by atoms with van der Waals surface area (Å²) in [7, 11) is 0. The second kappa shape index (κ2) is 10.3. The average molecular weight is 338 g/mol. The zero-order valence-corrected chi connectivity index (χ0v) is 14.4. The minimum Gasteiger partial charge on any atom is -0.491 e.